The minimum atomic E-state index is 0.407. The Balaban J connectivity index is 2.33. The lowest BCUT2D eigenvalue weighted by atomic mass is 10.3. The van der Waals surface area contributed by atoms with Crippen LogP contribution in [0.2, 0.25) is 15.1 Å². The molecule has 2 aromatic rings. The SMILES string of the molecule is CNc1ncc(Cl)c(Nc2cc(Cl)cc(Cl)c2)n1. The van der Waals surface area contributed by atoms with Gasteiger partial charge < -0.3 is 10.6 Å². The lowest BCUT2D eigenvalue weighted by molar-refractivity contribution is 1.15. The summed E-state index contributed by atoms with van der Waals surface area (Å²) >= 11 is 17.8. The molecule has 7 heteroatoms. The van der Waals surface area contributed by atoms with E-state index in [0.717, 1.165) is 0 Å². The molecule has 0 radical (unpaired) electrons. The predicted octanol–water partition coefficient (Wildman–Crippen LogP) is 4.22. The summed E-state index contributed by atoms with van der Waals surface area (Å²) in [5.41, 5.74) is 0.704. The maximum atomic E-state index is 6.00. The van der Waals surface area contributed by atoms with Crippen LogP contribution in [0.25, 0.3) is 0 Å². The van der Waals surface area contributed by atoms with Crippen molar-refractivity contribution >= 4 is 52.3 Å². The first-order valence-corrected chi connectivity index (χ1v) is 6.15. The monoisotopic (exact) mass is 302 g/mol. The summed E-state index contributed by atoms with van der Waals surface area (Å²) in [6.45, 7) is 0. The largest absolute Gasteiger partial charge is 0.357 e. The Hall–Kier alpha value is -1.23. The molecule has 18 heavy (non-hydrogen) atoms. The number of anilines is 3. The molecule has 0 saturated carbocycles. The summed E-state index contributed by atoms with van der Waals surface area (Å²) in [5, 5.41) is 7.34. The summed E-state index contributed by atoms with van der Waals surface area (Å²) < 4.78 is 0. The van der Waals surface area contributed by atoms with Crippen molar-refractivity contribution in [1.82, 2.24) is 9.97 Å². The molecular formula is C11H9Cl3N4. The maximum absolute atomic E-state index is 6.00. The van der Waals surface area contributed by atoms with Crippen molar-refractivity contribution in [2.24, 2.45) is 0 Å². The van der Waals surface area contributed by atoms with Crippen molar-refractivity contribution in [1.29, 1.82) is 0 Å². The van der Waals surface area contributed by atoms with Crippen LogP contribution in [0, 0.1) is 0 Å². The van der Waals surface area contributed by atoms with Crippen LogP contribution in [0.1, 0.15) is 0 Å². The number of halogens is 3. The van der Waals surface area contributed by atoms with E-state index in [1.807, 2.05) is 0 Å². The number of rotatable bonds is 3. The van der Waals surface area contributed by atoms with Gasteiger partial charge in [-0.3, -0.25) is 0 Å². The van der Waals surface area contributed by atoms with Crippen molar-refractivity contribution in [3.63, 3.8) is 0 Å². The van der Waals surface area contributed by atoms with Crippen LogP contribution < -0.4 is 10.6 Å². The molecule has 0 aliphatic heterocycles. The zero-order valence-corrected chi connectivity index (χ0v) is 11.6. The fraction of sp³-hybridized carbons (Fsp3) is 0.0909. The van der Waals surface area contributed by atoms with Crippen LogP contribution in [0.15, 0.2) is 24.4 Å². The minimum Gasteiger partial charge on any atom is -0.357 e. The van der Waals surface area contributed by atoms with Crippen molar-refractivity contribution in [2.45, 2.75) is 0 Å². The van der Waals surface area contributed by atoms with Gasteiger partial charge in [0.1, 0.15) is 5.02 Å². The zero-order chi connectivity index (χ0) is 13.1. The van der Waals surface area contributed by atoms with Crippen molar-refractivity contribution in [3.05, 3.63) is 39.5 Å². The van der Waals surface area contributed by atoms with Gasteiger partial charge in [0.25, 0.3) is 0 Å². The zero-order valence-electron chi connectivity index (χ0n) is 9.34. The smallest absolute Gasteiger partial charge is 0.224 e. The summed E-state index contributed by atoms with van der Waals surface area (Å²) in [4.78, 5) is 8.18. The van der Waals surface area contributed by atoms with Crippen LogP contribution in [-0.2, 0) is 0 Å². The highest BCUT2D eigenvalue weighted by molar-refractivity contribution is 6.35. The highest BCUT2D eigenvalue weighted by atomic mass is 35.5. The maximum Gasteiger partial charge on any atom is 0.224 e. The third-order valence-corrected chi connectivity index (χ3v) is 2.81. The van der Waals surface area contributed by atoms with Crippen LogP contribution in [0.3, 0.4) is 0 Å². The third kappa shape index (κ3) is 3.16. The van der Waals surface area contributed by atoms with Gasteiger partial charge in [0, 0.05) is 22.8 Å². The van der Waals surface area contributed by atoms with E-state index in [9.17, 15) is 0 Å². The fourth-order valence-electron chi connectivity index (χ4n) is 1.34. The van der Waals surface area contributed by atoms with E-state index < -0.39 is 0 Å². The molecule has 2 N–H and O–H groups in total. The Labute approximate surface area is 119 Å². The number of nitrogens with one attached hydrogen (secondary N) is 2. The Kier molecular flexibility index (Phi) is 4.11. The van der Waals surface area contributed by atoms with Gasteiger partial charge in [-0.2, -0.15) is 4.98 Å². The van der Waals surface area contributed by atoms with E-state index in [1.54, 1.807) is 25.2 Å². The number of benzene rings is 1. The average molecular weight is 304 g/mol. The molecule has 0 spiro atoms. The third-order valence-electron chi connectivity index (χ3n) is 2.09. The average Bonchev–Trinajstić information content (AvgIpc) is 2.30. The van der Waals surface area contributed by atoms with E-state index in [1.165, 1.54) is 6.20 Å². The molecule has 4 nitrogen and oxygen atoms in total. The Bertz CT molecular complexity index is 554. The summed E-state index contributed by atoms with van der Waals surface area (Å²) in [7, 11) is 1.73. The molecule has 0 amide bonds. The Morgan fingerprint density at radius 1 is 1.06 bits per heavy atom. The molecule has 0 aliphatic carbocycles. The highest BCUT2D eigenvalue weighted by Gasteiger charge is 2.06. The highest BCUT2D eigenvalue weighted by Crippen LogP contribution is 2.27. The lowest BCUT2D eigenvalue weighted by Crippen LogP contribution is -2.01. The lowest BCUT2D eigenvalue weighted by Gasteiger charge is -2.09. The van der Waals surface area contributed by atoms with E-state index >= 15 is 0 Å². The van der Waals surface area contributed by atoms with Crippen LogP contribution >= 0.6 is 34.8 Å². The fourth-order valence-corrected chi connectivity index (χ4v) is 2.00. The number of hydrogen-bond acceptors (Lipinski definition) is 4. The molecule has 0 saturated heterocycles. The standard InChI is InChI=1S/C11H9Cl3N4/c1-15-11-16-5-9(14)10(18-11)17-8-3-6(12)2-7(13)4-8/h2-5H,1H3,(H2,15,16,17,18). The normalized spacial score (nSPS) is 10.2. The van der Waals surface area contributed by atoms with E-state index in [0.29, 0.717) is 32.5 Å². The first kappa shape index (κ1) is 13.2. The molecule has 0 unspecified atom stereocenters. The molecule has 2 rings (SSSR count). The molecule has 1 heterocycles. The van der Waals surface area contributed by atoms with Gasteiger partial charge in [-0.05, 0) is 18.2 Å². The van der Waals surface area contributed by atoms with E-state index in [4.69, 9.17) is 34.8 Å². The van der Waals surface area contributed by atoms with Crippen LogP contribution in [0.5, 0.6) is 0 Å². The molecule has 1 aromatic carbocycles. The second kappa shape index (κ2) is 5.61. The molecule has 0 atom stereocenters. The van der Waals surface area contributed by atoms with Gasteiger partial charge in [0.15, 0.2) is 5.82 Å². The van der Waals surface area contributed by atoms with Crippen LogP contribution in [-0.4, -0.2) is 17.0 Å². The Morgan fingerprint density at radius 2 is 1.72 bits per heavy atom. The number of aromatic nitrogens is 2. The van der Waals surface area contributed by atoms with E-state index in [2.05, 4.69) is 20.6 Å². The summed E-state index contributed by atoms with van der Waals surface area (Å²) in [6, 6.07) is 5.10. The number of hydrogen-bond donors (Lipinski definition) is 2. The second-order valence-corrected chi connectivity index (χ2v) is 4.70. The molecular weight excluding hydrogens is 295 g/mol. The summed E-state index contributed by atoms with van der Waals surface area (Å²) in [6.07, 6.45) is 1.51. The van der Waals surface area contributed by atoms with E-state index in [-0.39, 0.29) is 0 Å². The first-order valence-electron chi connectivity index (χ1n) is 5.02. The van der Waals surface area contributed by atoms with Gasteiger partial charge in [0.2, 0.25) is 5.95 Å². The first-order chi connectivity index (χ1) is 8.58. The second-order valence-electron chi connectivity index (χ2n) is 3.42. The quantitative estimate of drug-likeness (QED) is 0.891. The van der Waals surface area contributed by atoms with Crippen molar-refractivity contribution < 1.29 is 0 Å². The molecule has 0 fully saturated rings. The van der Waals surface area contributed by atoms with Gasteiger partial charge in [-0.15, -0.1) is 0 Å². The molecule has 0 bridgehead atoms. The molecule has 0 aliphatic rings. The Morgan fingerprint density at radius 3 is 2.33 bits per heavy atom. The predicted molar refractivity (Wildman–Crippen MR) is 76.3 cm³/mol. The molecule has 1 aromatic heterocycles. The van der Waals surface area contributed by atoms with Crippen LogP contribution in [0.4, 0.5) is 17.5 Å². The summed E-state index contributed by atoms with van der Waals surface area (Å²) in [5.74, 6) is 0.948. The number of nitrogens with zero attached hydrogens (tertiary/aromatic N) is 2. The van der Waals surface area contributed by atoms with Crippen molar-refractivity contribution in [2.75, 3.05) is 17.7 Å². The minimum absolute atomic E-state index is 0.407. The molecule has 94 valence electrons. The van der Waals surface area contributed by atoms with Gasteiger partial charge >= 0.3 is 0 Å². The van der Waals surface area contributed by atoms with Gasteiger partial charge in [-0.1, -0.05) is 34.8 Å². The van der Waals surface area contributed by atoms with Crippen molar-refractivity contribution in [3.8, 4) is 0 Å². The van der Waals surface area contributed by atoms with Gasteiger partial charge in [-0.25, -0.2) is 4.98 Å². The topological polar surface area (TPSA) is 49.8 Å². The van der Waals surface area contributed by atoms with Gasteiger partial charge in [0.05, 0.1) is 6.20 Å².